The third kappa shape index (κ3) is 4.71. The van der Waals surface area contributed by atoms with Crippen LogP contribution in [0.4, 0.5) is 22.0 Å². The minimum Gasteiger partial charge on any atom is -0.449 e. The lowest BCUT2D eigenvalue weighted by Gasteiger charge is -2.13. The molecule has 0 unspecified atom stereocenters. The second-order valence-corrected chi connectivity index (χ2v) is 8.65. The van der Waals surface area contributed by atoms with Gasteiger partial charge in [0.2, 0.25) is 5.88 Å². The SMILES string of the molecule is Cc1cc(Nc2ncnc3ccc(NC(=O)OCC4CC4)cc23)ccc1Oc1cc2nncn2cn1. The first-order valence-electron chi connectivity index (χ1n) is 11.5. The van der Waals surface area contributed by atoms with E-state index in [9.17, 15) is 4.79 Å². The van der Waals surface area contributed by atoms with Crippen LogP contribution in [0.2, 0.25) is 0 Å². The molecule has 1 fully saturated rings. The third-order valence-corrected chi connectivity index (χ3v) is 5.84. The van der Waals surface area contributed by atoms with Crippen molar-refractivity contribution in [1.82, 2.24) is 29.5 Å². The molecule has 0 spiro atoms. The summed E-state index contributed by atoms with van der Waals surface area (Å²) in [5.74, 6) is 2.21. The molecule has 2 aromatic carbocycles. The van der Waals surface area contributed by atoms with E-state index >= 15 is 0 Å². The van der Waals surface area contributed by atoms with Crippen LogP contribution in [0.15, 0.2) is 61.4 Å². The van der Waals surface area contributed by atoms with Crippen molar-refractivity contribution < 1.29 is 14.3 Å². The zero-order valence-corrected chi connectivity index (χ0v) is 19.4. The number of hydrogen-bond acceptors (Lipinski definition) is 9. The lowest BCUT2D eigenvalue weighted by molar-refractivity contribution is 0.156. The number of aryl methyl sites for hydroxylation is 1. The Hall–Kier alpha value is -4.80. The fraction of sp³-hybridized carbons (Fsp3) is 0.200. The molecule has 1 aliphatic carbocycles. The van der Waals surface area contributed by atoms with Crippen molar-refractivity contribution in [3.63, 3.8) is 0 Å². The summed E-state index contributed by atoms with van der Waals surface area (Å²) in [6, 6.07) is 12.9. The topological polar surface area (TPSA) is 128 Å². The Balaban J connectivity index is 1.19. The first kappa shape index (κ1) is 21.7. The van der Waals surface area contributed by atoms with Gasteiger partial charge in [-0.3, -0.25) is 9.72 Å². The van der Waals surface area contributed by atoms with Crippen molar-refractivity contribution in [2.45, 2.75) is 19.8 Å². The molecule has 5 aromatic rings. The predicted molar refractivity (Wildman–Crippen MR) is 133 cm³/mol. The molecule has 36 heavy (non-hydrogen) atoms. The number of amides is 1. The van der Waals surface area contributed by atoms with Crippen molar-refractivity contribution in [2.24, 2.45) is 5.92 Å². The standard InChI is InChI=1S/C25H22N8O3/c1-15-8-17(5-7-21(15)36-23-10-22-32-29-14-33(22)13-28-23)30-24-19-9-18(4-6-20(19)26-12-27-24)31-25(34)35-11-16-2-3-16/h4-10,12-14,16H,2-3,11H2,1H3,(H,31,34)(H,26,27,30). The molecule has 6 rings (SSSR count). The van der Waals surface area contributed by atoms with Crippen LogP contribution in [0.25, 0.3) is 16.6 Å². The Bertz CT molecular complexity index is 1580. The maximum Gasteiger partial charge on any atom is 0.411 e. The van der Waals surface area contributed by atoms with E-state index in [0.29, 0.717) is 41.3 Å². The molecule has 1 amide bonds. The lowest BCUT2D eigenvalue weighted by atomic mass is 10.1. The number of benzene rings is 2. The highest BCUT2D eigenvalue weighted by molar-refractivity contribution is 5.95. The minimum absolute atomic E-state index is 0.428. The summed E-state index contributed by atoms with van der Waals surface area (Å²) in [4.78, 5) is 25.1. The number of nitrogens with one attached hydrogen (secondary N) is 2. The molecule has 1 aliphatic rings. The van der Waals surface area contributed by atoms with Crippen LogP contribution in [-0.2, 0) is 4.74 Å². The molecule has 1 saturated carbocycles. The van der Waals surface area contributed by atoms with Crippen LogP contribution >= 0.6 is 0 Å². The van der Waals surface area contributed by atoms with Gasteiger partial charge in [0.1, 0.15) is 30.5 Å². The highest BCUT2D eigenvalue weighted by Gasteiger charge is 2.23. The van der Waals surface area contributed by atoms with E-state index in [1.54, 1.807) is 29.2 Å². The fourth-order valence-corrected chi connectivity index (χ4v) is 3.72. The summed E-state index contributed by atoms with van der Waals surface area (Å²) in [7, 11) is 0. The molecule has 11 heteroatoms. The number of carbonyl (C=O) groups excluding carboxylic acids is 1. The molecule has 0 atom stereocenters. The number of anilines is 3. The van der Waals surface area contributed by atoms with Crippen LogP contribution in [-0.4, -0.2) is 42.3 Å². The van der Waals surface area contributed by atoms with Gasteiger partial charge in [-0.1, -0.05) is 0 Å². The van der Waals surface area contributed by atoms with Crippen molar-refractivity contribution in [3.05, 3.63) is 67.0 Å². The van der Waals surface area contributed by atoms with E-state index in [2.05, 4.69) is 35.8 Å². The molecule has 0 aliphatic heterocycles. The molecule has 2 N–H and O–H groups in total. The first-order valence-corrected chi connectivity index (χ1v) is 11.5. The Kier molecular flexibility index (Phi) is 5.49. The van der Waals surface area contributed by atoms with E-state index < -0.39 is 6.09 Å². The van der Waals surface area contributed by atoms with E-state index in [4.69, 9.17) is 9.47 Å². The van der Waals surface area contributed by atoms with Crippen LogP contribution in [0, 0.1) is 12.8 Å². The monoisotopic (exact) mass is 482 g/mol. The molecule has 180 valence electrons. The largest absolute Gasteiger partial charge is 0.449 e. The van der Waals surface area contributed by atoms with Gasteiger partial charge in [0.05, 0.1) is 12.1 Å². The van der Waals surface area contributed by atoms with Crippen LogP contribution in [0.5, 0.6) is 11.6 Å². The Labute approximate surface area is 205 Å². The first-order chi connectivity index (χ1) is 17.6. The van der Waals surface area contributed by atoms with Crippen molar-refractivity contribution in [1.29, 1.82) is 0 Å². The van der Waals surface area contributed by atoms with Gasteiger partial charge in [0.15, 0.2) is 5.65 Å². The summed E-state index contributed by atoms with van der Waals surface area (Å²) in [5.41, 5.74) is 3.73. The van der Waals surface area contributed by atoms with Gasteiger partial charge in [-0.25, -0.2) is 19.7 Å². The summed E-state index contributed by atoms with van der Waals surface area (Å²) in [5, 5.41) is 14.7. The smallest absolute Gasteiger partial charge is 0.411 e. The summed E-state index contributed by atoms with van der Waals surface area (Å²) in [6.07, 6.45) is 6.46. The Morgan fingerprint density at radius 3 is 2.81 bits per heavy atom. The maximum absolute atomic E-state index is 12.1. The Morgan fingerprint density at radius 1 is 1.06 bits per heavy atom. The molecule has 0 radical (unpaired) electrons. The molecular formula is C25H22N8O3. The summed E-state index contributed by atoms with van der Waals surface area (Å²) >= 11 is 0. The highest BCUT2D eigenvalue weighted by Crippen LogP contribution is 2.31. The average molecular weight is 483 g/mol. The quantitative estimate of drug-likeness (QED) is 0.334. The third-order valence-electron chi connectivity index (χ3n) is 5.84. The Morgan fingerprint density at radius 2 is 1.94 bits per heavy atom. The fourth-order valence-electron chi connectivity index (χ4n) is 3.72. The van der Waals surface area contributed by atoms with E-state index in [0.717, 1.165) is 35.0 Å². The molecular weight excluding hydrogens is 460 g/mol. The van der Waals surface area contributed by atoms with Crippen molar-refractivity contribution >= 4 is 39.8 Å². The maximum atomic E-state index is 12.1. The molecule has 3 aromatic heterocycles. The zero-order valence-electron chi connectivity index (χ0n) is 19.4. The number of aromatic nitrogens is 6. The minimum atomic E-state index is -0.462. The number of rotatable bonds is 7. The normalized spacial score (nSPS) is 13.0. The van der Waals surface area contributed by atoms with Gasteiger partial charge < -0.3 is 14.8 Å². The van der Waals surface area contributed by atoms with Crippen LogP contribution < -0.4 is 15.4 Å². The molecule has 3 heterocycles. The van der Waals surface area contributed by atoms with Gasteiger partial charge in [0, 0.05) is 22.8 Å². The highest BCUT2D eigenvalue weighted by atomic mass is 16.5. The van der Waals surface area contributed by atoms with E-state index in [-0.39, 0.29) is 0 Å². The average Bonchev–Trinajstić information content (AvgIpc) is 3.60. The number of hydrogen-bond donors (Lipinski definition) is 2. The van der Waals surface area contributed by atoms with E-state index in [1.165, 1.54) is 6.33 Å². The molecule has 0 bridgehead atoms. The lowest BCUT2D eigenvalue weighted by Crippen LogP contribution is -2.15. The van der Waals surface area contributed by atoms with Crippen molar-refractivity contribution in [3.8, 4) is 11.6 Å². The molecule has 11 nitrogen and oxygen atoms in total. The van der Waals surface area contributed by atoms with E-state index in [1.807, 2.05) is 37.3 Å². The van der Waals surface area contributed by atoms with Gasteiger partial charge in [0.25, 0.3) is 0 Å². The number of ether oxygens (including phenoxy) is 2. The summed E-state index contributed by atoms with van der Waals surface area (Å²) in [6.45, 7) is 2.41. The second kappa shape index (κ2) is 9.10. The van der Waals surface area contributed by atoms with Gasteiger partial charge >= 0.3 is 6.09 Å². The number of fused-ring (bicyclic) bond motifs is 2. The number of nitrogens with zero attached hydrogens (tertiary/aromatic N) is 6. The van der Waals surface area contributed by atoms with Gasteiger partial charge in [-0.05, 0) is 67.6 Å². The predicted octanol–water partition coefficient (Wildman–Crippen LogP) is 4.87. The van der Waals surface area contributed by atoms with Crippen molar-refractivity contribution in [2.75, 3.05) is 17.2 Å². The second-order valence-electron chi connectivity index (χ2n) is 8.65. The van der Waals surface area contributed by atoms with Gasteiger partial charge in [-0.15, -0.1) is 10.2 Å². The zero-order chi connectivity index (χ0) is 24.5. The number of carbonyl (C=O) groups is 1. The summed E-state index contributed by atoms with van der Waals surface area (Å²) < 4.78 is 12.9. The van der Waals surface area contributed by atoms with Crippen LogP contribution in [0.3, 0.4) is 0 Å². The molecule has 0 saturated heterocycles. The van der Waals surface area contributed by atoms with Gasteiger partial charge in [-0.2, -0.15) is 0 Å². The van der Waals surface area contributed by atoms with Crippen LogP contribution in [0.1, 0.15) is 18.4 Å².